The van der Waals surface area contributed by atoms with Gasteiger partial charge in [0.1, 0.15) is 11.6 Å². The first kappa shape index (κ1) is 21.4. The maximum Gasteiger partial charge on any atom is 0.329 e. The highest BCUT2D eigenvalue weighted by molar-refractivity contribution is 8.13. The van der Waals surface area contributed by atoms with Gasteiger partial charge in [-0.15, -0.1) is 0 Å². The van der Waals surface area contributed by atoms with Crippen LogP contribution in [-0.4, -0.2) is 69.8 Å². The van der Waals surface area contributed by atoms with Crippen LogP contribution in [0.4, 0.5) is 0 Å². The van der Waals surface area contributed by atoms with Crippen molar-refractivity contribution < 1.29 is 34.1 Å². The van der Waals surface area contributed by atoms with Crippen LogP contribution in [0.2, 0.25) is 0 Å². The average molecular weight is 376 g/mol. The van der Waals surface area contributed by atoms with E-state index >= 15 is 0 Å². The summed E-state index contributed by atoms with van der Waals surface area (Å²) >= 11 is 0.619. The van der Waals surface area contributed by atoms with Crippen LogP contribution in [0.5, 0.6) is 0 Å². The highest BCUT2D eigenvalue weighted by atomic mass is 32.2. The van der Waals surface area contributed by atoms with Crippen LogP contribution < -0.4 is 10.6 Å². The van der Waals surface area contributed by atoms with Crippen molar-refractivity contribution in [3.8, 4) is 0 Å². The summed E-state index contributed by atoms with van der Waals surface area (Å²) in [5, 5.41) is 24.5. The van der Waals surface area contributed by atoms with Gasteiger partial charge in [-0.3, -0.25) is 14.4 Å². The van der Waals surface area contributed by atoms with E-state index in [1.54, 1.807) is 6.92 Å². The Hall–Kier alpha value is -1.65. The van der Waals surface area contributed by atoms with Gasteiger partial charge < -0.3 is 25.6 Å². The zero-order valence-electron chi connectivity index (χ0n) is 14.6. The predicted molar refractivity (Wildman–Crippen MR) is 89.5 cm³/mol. The SMILES string of the molecule is CCC1C(=O)N[C@@](CO)(C(=O)SCC(NC(C)=O)C(=O)OC)[C@@]1(C)O. The van der Waals surface area contributed by atoms with Crippen LogP contribution in [0.15, 0.2) is 0 Å². The van der Waals surface area contributed by atoms with E-state index < -0.39 is 52.6 Å². The van der Waals surface area contributed by atoms with Gasteiger partial charge in [0, 0.05) is 12.7 Å². The number of aliphatic hydroxyl groups excluding tert-OH is 1. The van der Waals surface area contributed by atoms with Gasteiger partial charge >= 0.3 is 5.97 Å². The number of amides is 2. The molecule has 1 saturated heterocycles. The molecule has 142 valence electrons. The van der Waals surface area contributed by atoms with Crippen molar-refractivity contribution >= 4 is 34.7 Å². The molecule has 10 heteroatoms. The number of nitrogens with one attached hydrogen (secondary N) is 2. The molecule has 25 heavy (non-hydrogen) atoms. The van der Waals surface area contributed by atoms with E-state index in [4.69, 9.17) is 0 Å². The molecular formula is C15H24N2O7S. The highest BCUT2D eigenvalue weighted by Gasteiger charge is 2.64. The van der Waals surface area contributed by atoms with Crippen molar-refractivity contribution in [2.75, 3.05) is 19.5 Å². The molecular weight excluding hydrogens is 352 g/mol. The summed E-state index contributed by atoms with van der Waals surface area (Å²) in [6.07, 6.45) is 0.287. The van der Waals surface area contributed by atoms with E-state index in [9.17, 15) is 29.4 Å². The third kappa shape index (κ3) is 3.96. The van der Waals surface area contributed by atoms with Crippen LogP contribution >= 0.6 is 11.8 Å². The Morgan fingerprint density at radius 1 is 1.44 bits per heavy atom. The van der Waals surface area contributed by atoms with Gasteiger partial charge in [0.15, 0.2) is 5.54 Å². The largest absolute Gasteiger partial charge is 0.467 e. The number of carbonyl (C=O) groups excluding carboxylic acids is 4. The van der Waals surface area contributed by atoms with Crippen LogP contribution in [0.1, 0.15) is 27.2 Å². The second-order valence-corrected chi connectivity index (χ2v) is 7.03. The third-order valence-electron chi connectivity index (χ3n) is 4.43. The zero-order chi connectivity index (χ0) is 19.4. The Morgan fingerprint density at radius 2 is 2.04 bits per heavy atom. The Balaban J connectivity index is 2.98. The van der Waals surface area contributed by atoms with Crippen molar-refractivity contribution in [3.05, 3.63) is 0 Å². The molecule has 9 nitrogen and oxygen atoms in total. The Labute approximate surface area is 149 Å². The lowest BCUT2D eigenvalue weighted by Gasteiger charge is -2.38. The van der Waals surface area contributed by atoms with E-state index in [0.29, 0.717) is 11.8 Å². The fraction of sp³-hybridized carbons (Fsp3) is 0.733. The van der Waals surface area contributed by atoms with E-state index in [-0.39, 0.29) is 12.2 Å². The molecule has 0 aliphatic carbocycles. The van der Waals surface area contributed by atoms with Crippen molar-refractivity contribution in [1.29, 1.82) is 0 Å². The first-order valence-corrected chi connectivity index (χ1v) is 8.73. The first-order valence-electron chi connectivity index (χ1n) is 7.74. The molecule has 1 fully saturated rings. The lowest BCUT2D eigenvalue weighted by atomic mass is 9.77. The smallest absolute Gasteiger partial charge is 0.329 e. The lowest BCUT2D eigenvalue weighted by Crippen LogP contribution is -2.64. The summed E-state index contributed by atoms with van der Waals surface area (Å²) in [5.41, 5.74) is -3.68. The van der Waals surface area contributed by atoms with Gasteiger partial charge in [-0.05, 0) is 13.3 Å². The van der Waals surface area contributed by atoms with Crippen molar-refractivity contribution in [3.63, 3.8) is 0 Å². The maximum absolute atomic E-state index is 12.7. The standard InChI is InChI=1S/C15H24N2O7S/c1-5-9-11(20)17-15(7-18,14(9,3)23)13(22)25-6-10(12(21)24-4)16-8(2)19/h9-10,18,23H,5-7H2,1-4H3,(H,16,19)(H,17,20)/t9?,10?,14-,15-/m0/s1. The van der Waals surface area contributed by atoms with Crippen LogP contribution in [0, 0.1) is 5.92 Å². The van der Waals surface area contributed by atoms with Gasteiger partial charge in [-0.1, -0.05) is 18.7 Å². The van der Waals surface area contributed by atoms with Crippen molar-refractivity contribution in [1.82, 2.24) is 10.6 Å². The molecule has 4 atom stereocenters. The fourth-order valence-corrected chi connectivity index (χ4v) is 4.03. The number of hydrogen-bond donors (Lipinski definition) is 4. The van der Waals surface area contributed by atoms with Crippen LogP contribution in [-0.2, 0) is 23.9 Å². The Kier molecular flexibility index (Phi) is 6.98. The molecule has 2 amide bonds. The van der Waals surface area contributed by atoms with E-state index in [0.717, 1.165) is 7.11 Å². The highest BCUT2D eigenvalue weighted by Crippen LogP contribution is 2.40. The minimum Gasteiger partial charge on any atom is -0.467 e. The average Bonchev–Trinajstić information content (AvgIpc) is 2.75. The zero-order valence-corrected chi connectivity index (χ0v) is 15.4. The number of ether oxygens (including phenoxy) is 1. The Bertz CT molecular complexity index is 566. The normalized spacial score (nSPS) is 29.7. The molecule has 0 spiro atoms. The predicted octanol–water partition coefficient (Wildman–Crippen LogP) is -1.44. The fourth-order valence-electron chi connectivity index (χ4n) is 2.92. The molecule has 0 aromatic carbocycles. The molecule has 0 bridgehead atoms. The first-order chi connectivity index (χ1) is 11.6. The number of aliphatic hydroxyl groups is 2. The second-order valence-electron chi connectivity index (χ2n) is 6.04. The molecule has 1 heterocycles. The Morgan fingerprint density at radius 3 is 2.44 bits per heavy atom. The molecule has 0 saturated carbocycles. The van der Waals surface area contributed by atoms with Crippen LogP contribution in [0.25, 0.3) is 0 Å². The molecule has 2 unspecified atom stereocenters. The molecule has 1 aliphatic rings. The summed E-state index contributed by atoms with van der Waals surface area (Å²) in [4.78, 5) is 47.6. The molecule has 4 N–H and O–H groups in total. The van der Waals surface area contributed by atoms with Gasteiger partial charge in [0.05, 0.1) is 19.6 Å². The number of carbonyl (C=O) groups is 4. The van der Waals surface area contributed by atoms with Gasteiger partial charge in [-0.2, -0.15) is 0 Å². The van der Waals surface area contributed by atoms with Crippen molar-refractivity contribution in [2.24, 2.45) is 5.92 Å². The summed E-state index contributed by atoms with van der Waals surface area (Å²) in [5.74, 6) is -2.76. The summed E-state index contributed by atoms with van der Waals surface area (Å²) in [6, 6.07) is -1.07. The van der Waals surface area contributed by atoms with E-state index in [1.165, 1.54) is 13.8 Å². The number of hydrogen-bond acceptors (Lipinski definition) is 8. The number of esters is 1. The summed E-state index contributed by atoms with van der Waals surface area (Å²) in [6.45, 7) is 3.43. The van der Waals surface area contributed by atoms with Crippen molar-refractivity contribution in [2.45, 2.75) is 44.4 Å². The van der Waals surface area contributed by atoms with Gasteiger partial charge in [-0.25, -0.2) is 4.79 Å². The van der Waals surface area contributed by atoms with Crippen LogP contribution in [0.3, 0.4) is 0 Å². The molecule has 0 aromatic heterocycles. The second kappa shape index (κ2) is 8.15. The lowest BCUT2D eigenvalue weighted by molar-refractivity contribution is -0.144. The van der Waals surface area contributed by atoms with Gasteiger partial charge in [0.2, 0.25) is 16.9 Å². The van der Waals surface area contributed by atoms with E-state index in [2.05, 4.69) is 15.4 Å². The molecule has 1 rings (SSSR count). The number of rotatable bonds is 7. The monoisotopic (exact) mass is 376 g/mol. The van der Waals surface area contributed by atoms with Gasteiger partial charge in [0.25, 0.3) is 0 Å². The molecule has 0 radical (unpaired) electrons. The molecule has 0 aromatic rings. The minimum atomic E-state index is -1.88. The minimum absolute atomic E-state index is 0.171. The molecule has 1 aliphatic heterocycles. The maximum atomic E-state index is 12.7. The summed E-state index contributed by atoms with van der Waals surface area (Å²) in [7, 11) is 1.15. The summed E-state index contributed by atoms with van der Waals surface area (Å²) < 4.78 is 4.57. The third-order valence-corrected chi connectivity index (χ3v) is 5.54. The topological polar surface area (TPSA) is 142 Å². The number of thioether (sulfide) groups is 1. The quantitative estimate of drug-likeness (QED) is 0.396. The number of methoxy groups -OCH3 is 1. The van der Waals surface area contributed by atoms with E-state index in [1.807, 2.05) is 0 Å².